The number of likely N-dealkylation sites (tertiary alicyclic amines) is 1. The second kappa shape index (κ2) is 16.9. The van der Waals surface area contributed by atoms with Crippen molar-refractivity contribution in [3.8, 4) is 0 Å². The molecule has 0 radical (unpaired) electrons. The number of carbonyl (C=O) groups excluding carboxylic acids is 2. The number of fused-ring (bicyclic) bond motifs is 1. The van der Waals surface area contributed by atoms with E-state index < -0.39 is 34.5 Å². The van der Waals surface area contributed by atoms with E-state index in [1.807, 2.05) is 17.0 Å². The maximum absolute atomic E-state index is 14.0. The van der Waals surface area contributed by atoms with Crippen LogP contribution >= 0.6 is 0 Å². The molecule has 2 aromatic carbocycles. The van der Waals surface area contributed by atoms with E-state index in [2.05, 4.69) is 20.7 Å². The normalized spacial score (nSPS) is 20.7. The van der Waals surface area contributed by atoms with E-state index in [0.717, 1.165) is 82.9 Å². The van der Waals surface area contributed by atoms with Crippen molar-refractivity contribution < 1.29 is 27.9 Å². The highest BCUT2D eigenvalue weighted by Crippen LogP contribution is 2.29. The third-order valence-electron chi connectivity index (χ3n) is 10.3. The van der Waals surface area contributed by atoms with Crippen LogP contribution in [0.15, 0.2) is 47.4 Å². The Morgan fingerprint density at radius 3 is 2.11 bits per heavy atom. The number of rotatable bonds is 14. The summed E-state index contributed by atoms with van der Waals surface area (Å²) in [5.74, 6) is -0.856. The number of hydrogen-bond acceptors (Lipinski definition) is 7. The van der Waals surface area contributed by atoms with E-state index in [1.54, 1.807) is 18.2 Å². The molecule has 12 heteroatoms. The van der Waals surface area contributed by atoms with E-state index in [-0.39, 0.29) is 22.6 Å². The summed E-state index contributed by atoms with van der Waals surface area (Å²) in [5, 5.41) is 20.9. The number of amides is 2. The second-order valence-corrected chi connectivity index (χ2v) is 15.3. The number of hydrogen-bond donors (Lipinski definition) is 5. The van der Waals surface area contributed by atoms with Gasteiger partial charge in [-0.1, -0.05) is 30.3 Å². The van der Waals surface area contributed by atoms with E-state index in [9.17, 15) is 27.9 Å². The number of aliphatic carboxylic acids is 1. The van der Waals surface area contributed by atoms with E-state index in [1.165, 1.54) is 12.1 Å². The molecule has 11 nitrogen and oxygen atoms in total. The number of carboxylic acid groups (broad SMARTS) is 1. The molecule has 0 aliphatic carbocycles. The molecule has 3 aliphatic heterocycles. The Kier molecular flexibility index (Phi) is 12.6. The molecule has 2 atom stereocenters. The first-order chi connectivity index (χ1) is 22.7. The van der Waals surface area contributed by atoms with Crippen molar-refractivity contribution in [1.82, 2.24) is 25.6 Å². The minimum Gasteiger partial charge on any atom is -0.480 e. The van der Waals surface area contributed by atoms with Crippen molar-refractivity contribution in [2.24, 2.45) is 23.7 Å². The number of piperidine rings is 3. The van der Waals surface area contributed by atoms with Gasteiger partial charge in [-0.3, -0.25) is 14.4 Å². The number of benzene rings is 2. The highest BCUT2D eigenvalue weighted by atomic mass is 32.2. The van der Waals surface area contributed by atoms with Gasteiger partial charge in [-0.25, -0.2) is 8.42 Å². The van der Waals surface area contributed by atoms with Crippen molar-refractivity contribution >= 4 is 38.6 Å². The molecule has 5 N–H and O–H groups in total. The van der Waals surface area contributed by atoms with Crippen molar-refractivity contribution in [1.29, 1.82) is 0 Å². The lowest BCUT2D eigenvalue weighted by molar-refractivity contribution is -0.140. The third kappa shape index (κ3) is 9.98. The van der Waals surface area contributed by atoms with Crippen molar-refractivity contribution in [2.75, 3.05) is 45.8 Å². The monoisotopic (exact) mass is 669 g/mol. The zero-order chi connectivity index (χ0) is 33.2. The van der Waals surface area contributed by atoms with Gasteiger partial charge in [-0.05, 0) is 125 Å². The van der Waals surface area contributed by atoms with Crippen molar-refractivity contribution in [3.63, 3.8) is 0 Å². The van der Waals surface area contributed by atoms with Gasteiger partial charge in [0, 0.05) is 25.6 Å². The maximum atomic E-state index is 14.0. The Hall–Kier alpha value is -3.06. The molecule has 3 fully saturated rings. The zero-order valence-corrected chi connectivity index (χ0v) is 28.1. The minimum absolute atomic E-state index is 0.0509. The molecule has 3 aliphatic rings. The number of nitrogens with zero attached hydrogens (tertiary/aromatic N) is 1. The molecule has 2 aromatic rings. The first kappa shape index (κ1) is 35.3. The van der Waals surface area contributed by atoms with Gasteiger partial charge in [0.15, 0.2) is 0 Å². The molecule has 3 heterocycles. The molecule has 2 unspecified atom stereocenters. The Labute approximate surface area is 278 Å². The summed E-state index contributed by atoms with van der Waals surface area (Å²) in [5.41, 5.74) is 0. The number of carbonyl (C=O) groups is 3. The lowest BCUT2D eigenvalue weighted by atomic mass is 9.83. The maximum Gasteiger partial charge on any atom is 0.323 e. The first-order valence-electron chi connectivity index (χ1n) is 17.4. The molecule has 5 rings (SSSR count). The molecule has 0 aromatic heterocycles. The quantitative estimate of drug-likeness (QED) is 0.206. The van der Waals surface area contributed by atoms with Crippen LogP contribution in [0.4, 0.5) is 0 Å². The van der Waals surface area contributed by atoms with Crippen molar-refractivity contribution in [3.05, 3.63) is 42.5 Å². The third-order valence-corrected chi connectivity index (χ3v) is 11.8. The molecule has 0 spiro atoms. The van der Waals surface area contributed by atoms with Crippen LogP contribution in [0.25, 0.3) is 10.8 Å². The Morgan fingerprint density at radius 2 is 1.49 bits per heavy atom. The molecule has 3 saturated heterocycles. The van der Waals surface area contributed by atoms with Gasteiger partial charge >= 0.3 is 5.97 Å². The fraction of sp³-hybridized carbons (Fsp3) is 0.629. The summed E-state index contributed by atoms with van der Waals surface area (Å²) < 4.78 is 28.4. The van der Waals surface area contributed by atoms with Gasteiger partial charge in [0.05, 0.1) is 10.8 Å². The lowest BCUT2D eigenvalue weighted by Gasteiger charge is -2.35. The molecular weight excluding hydrogens is 618 g/mol. The number of nitrogens with one attached hydrogen (secondary N) is 4. The summed E-state index contributed by atoms with van der Waals surface area (Å²) in [6, 6.07) is 10.3. The highest BCUT2D eigenvalue weighted by molar-refractivity contribution is 7.89. The van der Waals surface area contributed by atoms with Crippen LogP contribution in [0.5, 0.6) is 0 Å². The number of carboxylic acids is 1. The topological polar surface area (TPSA) is 157 Å². The number of sulfonamides is 1. The standard InChI is InChI=1S/C35H51N5O6S/c41-33(38-23-32(35(43)44)39-47(45,46)31-12-11-27-4-1-2-5-29(27)22-31)30-6-3-21-40(24-30)34(42)28(9-7-25-13-17-36-18-14-25)10-8-26-15-19-37-20-16-26/h1-2,4-5,11-12,22,25-26,28,30,32,36-37,39H,3,6-10,13-21,23-24H2,(H,38,41)(H,43,44). The van der Waals surface area contributed by atoms with Crippen LogP contribution < -0.4 is 20.7 Å². The molecular formula is C35H51N5O6S. The van der Waals surface area contributed by atoms with Gasteiger partial charge in [0.1, 0.15) is 6.04 Å². The Bertz CT molecular complexity index is 1450. The van der Waals surface area contributed by atoms with E-state index in [4.69, 9.17) is 0 Å². The molecule has 47 heavy (non-hydrogen) atoms. The Balaban J connectivity index is 1.17. The van der Waals surface area contributed by atoms with Crippen LogP contribution in [0, 0.1) is 23.7 Å². The summed E-state index contributed by atoms with van der Waals surface area (Å²) in [4.78, 5) is 41.1. The van der Waals surface area contributed by atoms with Gasteiger partial charge < -0.3 is 26.0 Å². The second-order valence-electron chi connectivity index (χ2n) is 13.6. The first-order valence-corrected chi connectivity index (χ1v) is 18.9. The average molecular weight is 670 g/mol. The SMILES string of the molecule is O=C(NCC(NS(=O)(=O)c1ccc2ccccc2c1)C(=O)O)C1CCCN(C(=O)C(CCC2CCNCC2)CCC2CCNCC2)C1. The van der Waals surface area contributed by atoms with Crippen LogP contribution in [0.2, 0.25) is 0 Å². The van der Waals surface area contributed by atoms with Crippen molar-refractivity contribution in [2.45, 2.75) is 75.1 Å². The van der Waals surface area contributed by atoms with Gasteiger partial charge in [-0.2, -0.15) is 4.72 Å². The summed E-state index contributed by atoms with van der Waals surface area (Å²) in [6.07, 6.45) is 9.73. The lowest BCUT2D eigenvalue weighted by Crippen LogP contribution is -2.51. The van der Waals surface area contributed by atoms with Gasteiger partial charge in [0.2, 0.25) is 21.8 Å². The summed E-state index contributed by atoms with van der Waals surface area (Å²) in [6.45, 7) is 4.65. The van der Waals surface area contributed by atoms with E-state index >= 15 is 0 Å². The fourth-order valence-corrected chi connectivity index (χ4v) is 8.60. The van der Waals surface area contributed by atoms with Crippen LogP contribution in [0.3, 0.4) is 0 Å². The van der Waals surface area contributed by atoms with Crippen LogP contribution in [-0.4, -0.2) is 88.1 Å². The molecule has 0 bridgehead atoms. The highest BCUT2D eigenvalue weighted by Gasteiger charge is 2.34. The van der Waals surface area contributed by atoms with Crippen LogP contribution in [0.1, 0.15) is 64.2 Å². The largest absolute Gasteiger partial charge is 0.480 e. The summed E-state index contributed by atoms with van der Waals surface area (Å²) >= 11 is 0. The molecule has 0 saturated carbocycles. The average Bonchev–Trinajstić information content (AvgIpc) is 3.10. The minimum atomic E-state index is -4.17. The zero-order valence-electron chi connectivity index (χ0n) is 27.3. The summed E-state index contributed by atoms with van der Waals surface area (Å²) in [7, 11) is -4.17. The fourth-order valence-electron chi connectivity index (χ4n) is 7.37. The predicted octanol–water partition coefficient (Wildman–Crippen LogP) is 3.10. The predicted molar refractivity (Wildman–Crippen MR) is 181 cm³/mol. The Morgan fingerprint density at radius 1 is 0.872 bits per heavy atom. The van der Waals surface area contributed by atoms with Gasteiger partial charge in [-0.15, -0.1) is 0 Å². The van der Waals surface area contributed by atoms with Gasteiger partial charge in [0.25, 0.3) is 0 Å². The smallest absolute Gasteiger partial charge is 0.323 e. The molecule has 258 valence electrons. The molecule has 2 amide bonds. The van der Waals surface area contributed by atoms with E-state index in [0.29, 0.717) is 43.2 Å². The van der Waals surface area contributed by atoms with Crippen LogP contribution in [-0.2, 0) is 24.4 Å².